The molecular weight excluding hydrogens is 322 g/mol. The molecule has 0 aromatic heterocycles. The zero-order valence-electron chi connectivity index (χ0n) is 14.3. The molecule has 0 N–H and O–H groups in total. The van der Waals surface area contributed by atoms with Crippen LogP contribution in [0.1, 0.15) is 31.1 Å². The van der Waals surface area contributed by atoms with Gasteiger partial charge in [0, 0.05) is 0 Å². The van der Waals surface area contributed by atoms with E-state index in [0.717, 1.165) is 0 Å². The van der Waals surface area contributed by atoms with Gasteiger partial charge in [0.25, 0.3) is 0 Å². The fourth-order valence-corrected chi connectivity index (χ4v) is 4.27. The van der Waals surface area contributed by atoms with Crippen molar-refractivity contribution >= 4 is 23.5 Å². The molecule has 4 atom stereocenters. The molecule has 3 aliphatic heterocycles. The summed E-state index contributed by atoms with van der Waals surface area (Å²) >= 11 is 0. The molecular formula is C19H19NO5. The van der Waals surface area contributed by atoms with Gasteiger partial charge in [0.15, 0.2) is 0 Å². The van der Waals surface area contributed by atoms with Gasteiger partial charge in [0.1, 0.15) is 0 Å². The Balaban J connectivity index is 1.72. The second kappa shape index (κ2) is 5.02. The number of hydrogen-bond donors (Lipinski definition) is 0. The van der Waals surface area contributed by atoms with Crippen molar-refractivity contribution in [3.63, 3.8) is 0 Å². The number of carbonyl (C=O) groups excluding carboxylic acids is 3. The van der Waals surface area contributed by atoms with Crippen molar-refractivity contribution in [1.82, 2.24) is 0 Å². The van der Waals surface area contributed by atoms with Crippen LogP contribution in [0.25, 0.3) is 0 Å². The van der Waals surface area contributed by atoms with E-state index >= 15 is 0 Å². The van der Waals surface area contributed by atoms with Crippen LogP contribution in [0.4, 0.5) is 5.69 Å². The Morgan fingerprint density at radius 1 is 1.16 bits per heavy atom. The number of benzene rings is 1. The lowest BCUT2D eigenvalue weighted by molar-refractivity contribution is -0.128. The van der Waals surface area contributed by atoms with Crippen LogP contribution in [0.15, 0.2) is 36.4 Å². The number of imide groups is 1. The standard InChI is InChI=1S/C19H19NO5/c1-4-24-17(23)11-6-5-7-12(10-11)20-15(21)13-14(16(20)22)19(3)9-8-18(13,2)25-19/h5-10,13-14H,4H2,1-3H3/t13-,14-,18-,19-/m0/s1. The average molecular weight is 341 g/mol. The lowest BCUT2D eigenvalue weighted by atomic mass is 9.73. The number of rotatable bonds is 3. The monoisotopic (exact) mass is 341 g/mol. The second-order valence-corrected chi connectivity index (χ2v) is 7.04. The SMILES string of the molecule is CCOC(=O)c1cccc(N2C(=O)[C@@H]3[C@@H](C2=O)[C@]2(C)C=C[C@]3(C)O2)c1. The molecule has 25 heavy (non-hydrogen) atoms. The Morgan fingerprint density at radius 3 is 2.32 bits per heavy atom. The van der Waals surface area contributed by atoms with Crippen molar-refractivity contribution in [2.24, 2.45) is 11.8 Å². The summed E-state index contributed by atoms with van der Waals surface area (Å²) in [5, 5.41) is 0. The molecule has 0 unspecified atom stereocenters. The van der Waals surface area contributed by atoms with E-state index in [1.54, 1.807) is 25.1 Å². The van der Waals surface area contributed by atoms with Crippen LogP contribution in [-0.2, 0) is 19.1 Å². The number of amides is 2. The maximum atomic E-state index is 13.0. The van der Waals surface area contributed by atoms with Crippen LogP contribution in [0, 0.1) is 11.8 Å². The molecule has 0 radical (unpaired) electrons. The zero-order chi connectivity index (χ0) is 18.0. The van der Waals surface area contributed by atoms with Gasteiger partial charge in [0.2, 0.25) is 11.8 Å². The lowest BCUT2D eigenvalue weighted by Crippen LogP contribution is -2.39. The number of ether oxygens (including phenoxy) is 2. The molecule has 2 amide bonds. The van der Waals surface area contributed by atoms with Gasteiger partial charge in [-0.05, 0) is 39.0 Å². The van der Waals surface area contributed by atoms with Gasteiger partial charge in [0.05, 0.1) is 40.9 Å². The minimum Gasteiger partial charge on any atom is -0.462 e. The molecule has 3 aliphatic rings. The van der Waals surface area contributed by atoms with E-state index < -0.39 is 29.0 Å². The highest BCUT2D eigenvalue weighted by Crippen LogP contribution is 2.57. The lowest BCUT2D eigenvalue weighted by Gasteiger charge is -2.25. The molecule has 0 aliphatic carbocycles. The quantitative estimate of drug-likeness (QED) is 0.478. The minimum atomic E-state index is -0.764. The van der Waals surface area contributed by atoms with Gasteiger partial charge in [-0.25, -0.2) is 9.69 Å². The van der Waals surface area contributed by atoms with E-state index in [-0.39, 0.29) is 18.4 Å². The number of hydrogen-bond acceptors (Lipinski definition) is 5. The molecule has 0 spiro atoms. The molecule has 6 heteroatoms. The molecule has 130 valence electrons. The van der Waals surface area contributed by atoms with Gasteiger partial charge < -0.3 is 9.47 Å². The minimum absolute atomic E-state index is 0.258. The molecule has 1 aromatic carbocycles. The predicted octanol–water partition coefficient (Wildman–Crippen LogP) is 2.09. The largest absolute Gasteiger partial charge is 0.462 e. The smallest absolute Gasteiger partial charge is 0.338 e. The van der Waals surface area contributed by atoms with Crippen molar-refractivity contribution in [1.29, 1.82) is 0 Å². The Hall–Kier alpha value is -2.47. The highest BCUT2D eigenvalue weighted by Gasteiger charge is 2.70. The number of anilines is 1. The van der Waals surface area contributed by atoms with E-state index in [4.69, 9.17) is 9.47 Å². The van der Waals surface area contributed by atoms with Crippen molar-refractivity contribution in [3.05, 3.63) is 42.0 Å². The molecule has 2 saturated heterocycles. The maximum Gasteiger partial charge on any atom is 0.338 e. The van der Waals surface area contributed by atoms with E-state index in [2.05, 4.69) is 0 Å². The number of esters is 1. The normalized spacial score (nSPS) is 35.4. The highest BCUT2D eigenvalue weighted by atomic mass is 16.5. The molecule has 0 saturated carbocycles. The van der Waals surface area contributed by atoms with Crippen molar-refractivity contribution in [2.45, 2.75) is 32.0 Å². The van der Waals surface area contributed by atoms with Crippen molar-refractivity contribution in [2.75, 3.05) is 11.5 Å². The molecule has 6 nitrogen and oxygen atoms in total. The first-order valence-corrected chi connectivity index (χ1v) is 8.36. The Kier molecular flexibility index (Phi) is 3.22. The number of carbonyl (C=O) groups is 3. The van der Waals surface area contributed by atoms with Crippen LogP contribution in [-0.4, -0.2) is 35.6 Å². The Labute approximate surface area is 145 Å². The molecule has 4 rings (SSSR count). The topological polar surface area (TPSA) is 72.9 Å². The van der Waals surface area contributed by atoms with Crippen LogP contribution < -0.4 is 4.90 Å². The molecule has 1 aromatic rings. The highest BCUT2D eigenvalue weighted by molar-refractivity contribution is 6.23. The summed E-state index contributed by atoms with van der Waals surface area (Å²) in [4.78, 5) is 39.2. The summed E-state index contributed by atoms with van der Waals surface area (Å²) in [7, 11) is 0. The summed E-state index contributed by atoms with van der Waals surface area (Å²) in [5.41, 5.74) is -0.826. The van der Waals surface area contributed by atoms with Gasteiger partial charge in [-0.3, -0.25) is 9.59 Å². The first-order valence-electron chi connectivity index (χ1n) is 8.36. The Morgan fingerprint density at radius 2 is 1.76 bits per heavy atom. The average Bonchev–Trinajstić information content (AvgIpc) is 3.12. The fraction of sp³-hybridized carbons (Fsp3) is 0.421. The van der Waals surface area contributed by atoms with Gasteiger partial charge in [-0.2, -0.15) is 0 Å². The Bertz CT molecular complexity index is 795. The fourth-order valence-electron chi connectivity index (χ4n) is 4.27. The third-order valence-electron chi connectivity index (χ3n) is 5.34. The van der Waals surface area contributed by atoms with Crippen LogP contribution >= 0.6 is 0 Å². The van der Waals surface area contributed by atoms with Crippen LogP contribution in [0.2, 0.25) is 0 Å². The predicted molar refractivity (Wildman–Crippen MR) is 88.9 cm³/mol. The molecule has 2 bridgehead atoms. The first-order chi connectivity index (χ1) is 11.8. The summed E-state index contributed by atoms with van der Waals surface area (Å²) < 4.78 is 11.0. The van der Waals surface area contributed by atoms with Gasteiger partial charge in [-0.15, -0.1) is 0 Å². The number of fused-ring (bicyclic) bond motifs is 5. The summed E-state index contributed by atoms with van der Waals surface area (Å²) in [6.45, 7) is 5.65. The van der Waals surface area contributed by atoms with Crippen molar-refractivity contribution in [3.8, 4) is 0 Å². The van der Waals surface area contributed by atoms with Crippen LogP contribution in [0.5, 0.6) is 0 Å². The second-order valence-electron chi connectivity index (χ2n) is 7.04. The molecule has 3 heterocycles. The van der Waals surface area contributed by atoms with Crippen molar-refractivity contribution < 1.29 is 23.9 Å². The maximum absolute atomic E-state index is 13.0. The first kappa shape index (κ1) is 16.0. The summed E-state index contributed by atoms with van der Waals surface area (Å²) in [5.74, 6) is -2.13. The van der Waals surface area contributed by atoms with Gasteiger partial charge in [-0.1, -0.05) is 18.2 Å². The van der Waals surface area contributed by atoms with E-state index in [9.17, 15) is 14.4 Å². The van der Waals surface area contributed by atoms with Crippen LogP contribution in [0.3, 0.4) is 0 Å². The summed E-state index contributed by atoms with van der Waals surface area (Å²) in [6, 6.07) is 6.42. The molecule has 2 fully saturated rings. The van der Waals surface area contributed by atoms with E-state index in [1.165, 1.54) is 11.0 Å². The third-order valence-corrected chi connectivity index (χ3v) is 5.34. The summed E-state index contributed by atoms with van der Waals surface area (Å²) in [6.07, 6.45) is 3.75. The third kappa shape index (κ3) is 2.03. The zero-order valence-corrected chi connectivity index (χ0v) is 14.3. The van der Waals surface area contributed by atoms with E-state index in [1.807, 2.05) is 26.0 Å². The van der Waals surface area contributed by atoms with Gasteiger partial charge >= 0.3 is 5.97 Å². The van der Waals surface area contributed by atoms with E-state index in [0.29, 0.717) is 11.3 Å². The number of nitrogens with zero attached hydrogens (tertiary/aromatic N) is 1.